The molecule has 8 heteroatoms. The Morgan fingerprint density at radius 2 is 2.08 bits per heavy atom. The summed E-state index contributed by atoms with van der Waals surface area (Å²) in [6.45, 7) is 2.28. The number of nitrogen functional groups attached to an aromatic ring is 1. The molecule has 1 aromatic carbocycles. The molecule has 2 heterocycles. The van der Waals surface area contributed by atoms with Crippen molar-refractivity contribution < 1.29 is 4.79 Å². The molecule has 2 aromatic rings. The first-order valence-corrected chi connectivity index (χ1v) is 8.35. The van der Waals surface area contributed by atoms with E-state index in [2.05, 4.69) is 27.3 Å². The summed E-state index contributed by atoms with van der Waals surface area (Å²) in [5.74, 6) is 0.0991. The lowest BCUT2D eigenvalue weighted by Gasteiger charge is -2.18. The number of carbonyl (C=O) groups excluding carboxylic acids is 1. The zero-order valence-electron chi connectivity index (χ0n) is 14.2. The van der Waals surface area contributed by atoms with Crippen molar-refractivity contribution in [1.82, 2.24) is 14.9 Å². The highest BCUT2D eigenvalue weighted by atomic mass is 16.1. The van der Waals surface area contributed by atoms with E-state index in [4.69, 9.17) is 16.3 Å². The van der Waals surface area contributed by atoms with Crippen molar-refractivity contribution in [2.24, 2.45) is 5.92 Å². The van der Waals surface area contributed by atoms with Gasteiger partial charge in [-0.2, -0.15) is 10.5 Å². The van der Waals surface area contributed by atoms with Gasteiger partial charge in [0.15, 0.2) is 11.4 Å². The Balaban J connectivity index is 1.54. The van der Waals surface area contributed by atoms with Gasteiger partial charge >= 0.3 is 0 Å². The molecule has 26 heavy (non-hydrogen) atoms. The fourth-order valence-electron chi connectivity index (χ4n) is 3.15. The van der Waals surface area contributed by atoms with Crippen molar-refractivity contribution in [2.45, 2.75) is 13.0 Å². The average molecular weight is 349 g/mol. The van der Waals surface area contributed by atoms with Crippen molar-refractivity contribution >= 4 is 17.5 Å². The number of nitrogens with two attached hydrogens (primary N) is 1. The van der Waals surface area contributed by atoms with Crippen LogP contribution in [0, 0.1) is 28.6 Å². The number of nitrogens with one attached hydrogen (secondary N) is 1. The standard InChI is InChI=1S/C18H19N7O/c19-8-15-16(9-20)25(18(21)23-15)12-17(26)22-10-13-6-7-24(11-13)14-4-2-1-3-5-14/h1-5,13H,6-7,10-12H2,(H2,21,23)(H,22,26). The average Bonchev–Trinajstić information content (AvgIpc) is 3.25. The van der Waals surface area contributed by atoms with Gasteiger partial charge < -0.3 is 16.0 Å². The third-order valence-electron chi connectivity index (χ3n) is 4.51. The number of para-hydroxylation sites is 1. The first kappa shape index (κ1) is 17.3. The molecule has 0 bridgehead atoms. The van der Waals surface area contributed by atoms with E-state index in [1.165, 1.54) is 10.3 Å². The van der Waals surface area contributed by atoms with Crippen LogP contribution in [0.4, 0.5) is 11.6 Å². The third-order valence-corrected chi connectivity index (χ3v) is 4.51. The van der Waals surface area contributed by atoms with Gasteiger partial charge in [-0.15, -0.1) is 0 Å². The fourth-order valence-corrected chi connectivity index (χ4v) is 3.15. The molecule has 0 saturated carbocycles. The minimum atomic E-state index is -0.256. The first-order valence-electron chi connectivity index (χ1n) is 8.35. The quantitative estimate of drug-likeness (QED) is 0.825. The van der Waals surface area contributed by atoms with Gasteiger partial charge in [0, 0.05) is 25.3 Å². The van der Waals surface area contributed by atoms with Crippen molar-refractivity contribution in [2.75, 3.05) is 30.3 Å². The molecule has 3 N–H and O–H groups in total. The molecule has 3 rings (SSSR count). The van der Waals surface area contributed by atoms with Crippen LogP contribution in [-0.4, -0.2) is 35.1 Å². The molecule has 1 aromatic heterocycles. The maximum atomic E-state index is 12.2. The number of benzene rings is 1. The Morgan fingerprint density at radius 3 is 2.77 bits per heavy atom. The molecule has 1 amide bonds. The SMILES string of the molecule is N#Cc1nc(N)n(CC(=O)NCC2CCN(c3ccccc3)C2)c1C#N. The summed E-state index contributed by atoms with van der Waals surface area (Å²) in [7, 11) is 0. The molecule has 0 aliphatic carbocycles. The molecular weight excluding hydrogens is 330 g/mol. The van der Waals surface area contributed by atoms with Crippen LogP contribution in [0.1, 0.15) is 17.8 Å². The maximum Gasteiger partial charge on any atom is 0.240 e. The van der Waals surface area contributed by atoms with E-state index in [9.17, 15) is 4.79 Å². The van der Waals surface area contributed by atoms with Crippen LogP contribution in [0.5, 0.6) is 0 Å². The van der Waals surface area contributed by atoms with Crippen molar-refractivity contribution in [3.8, 4) is 12.1 Å². The molecule has 1 aliphatic rings. The molecule has 1 saturated heterocycles. The summed E-state index contributed by atoms with van der Waals surface area (Å²) < 4.78 is 1.26. The van der Waals surface area contributed by atoms with Crippen LogP contribution < -0.4 is 16.0 Å². The molecule has 1 atom stereocenters. The predicted molar refractivity (Wildman–Crippen MR) is 95.8 cm³/mol. The highest BCUT2D eigenvalue weighted by molar-refractivity contribution is 5.76. The Kier molecular flexibility index (Phi) is 5.04. The summed E-state index contributed by atoms with van der Waals surface area (Å²) in [5.41, 5.74) is 6.84. The van der Waals surface area contributed by atoms with Crippen LogP contribution >= 0.6 is 0 Å². The highest BCUT2D eigenvalue weighted by Gasteiger charge is 2.23. The second-order valence-corrected chi connectivity index (χ2v) is 6.22. The van der Waals surface area contributed by atoms with Crippen LogP contribution in [-0.2, 0) is 11.3 Å². The Bertz CT molecular complexity index is 875. The number of hydrogen-bond donors (Lipinski definition) is 2. The predicted octanol–water partition coefficient (Wildman–Crippen LogP) is 0.851. The number of amides is 1. The molecule has 8 nitrogen and oxygen atoms in total. The van der Waals surface area contributed by atoms with Gasteiger partial charge in [-0.1, -0.05) is 18.2 Å². The first-order chi connectivity index (χ1) is 12.6. The van der Waals surface area contributed by atoms with Crippen LogP contribution in [0.15, 0.2) is 30.3 Å². The number of carbonyl (C=O) groups is 1. The number of rotatable bonds is 5. The van der Waals surface area contributed by atoms with E-state index in [1.807, 2.05) is 24.3 Å². The number of imidazole rings is 1. The van der Waals surface area contributed by atoms with Crippen molar-refractivity contribution in [3.63, 3.8) is 0 Å². The molecular formula is C18H19N7O. The summed E-state index contributed by atoms with van der Waals surface area (Å²) in [4.78, 5) is 18.3. The zero-order chi connectivity index (χ0) is 18.5. The highest BCUT2D eigenvalue weighted by Crippen LogP contribution is 2.23. The number of anilines is 2. The summed E-state index contributed by atoms with van der Waals surface area (Å²) >= 11 is 0. The van der Waals surface area contributed by atoms with Gasteiger partial charge in [-0.3, -0.25) is 9.36 Å². The fraction of sp³-hybridized carbons (Fsp3) is 0.333. The molecule has 0 radical (unpaired) electrons. The number of nitrogens with zero attached hydrogens (tertiary/aromatic N) is 5. The lowest BCUT2D eigenvalue weighted by Crippen LogP contribution is -2.33. The zero-order valence-corrected chi connectivity index (χ0v) is 14.2. The Labute approximate surface area is 151 Å². The van der Waals surface area contributed by atoms with Gasteiger partial charge in [-0.25, -0.2) is 4.98 Å². The largest absolute Gasteiger partial charge is 0.371 e. The minimum absolute atomic E-state index is 0.00984. The summed E-state index contributed by atoms with van der Waals surface area (Å²) in [5, 5.41) is 21.0. The molecule has 1 fully saturated rings. The molecule has 0 spiro atoms. The molecule has 1 unspecified atom stereocenters. The van der Waals surface area contributed by atoms with Gasteiger partial charge in [0.25, 0.3) is 0 Å². The summed E-state index contributed by atoms with van der Waals surface area (Å²) in [6.07, 6.45) is 1.00. The smallest absolute Gasteiger partial charge is 0.240 e. The lowest BCUT2D eigenvalue weighted by atomic mass is 10.1. The van der Waals surface area contributed by atoms with Crippen LogP contribution in [0.25, 0.3) is 0 Å². The number of nitriles is 2. The maximum absolute atomic E-state index is 12.2. The minimum Gasteiger partial charge on any atom is -0.371 e. The topological polar surface area (TPSA) is 124 Å². The monoisotopic (exact) mass is 349 g/mol. The van der Waals surface area contributed by atoms with E-state index in [1.54, 1.807) is 6.07 Å². The van der Waals surface area contributed by atoms with Crippen molar-refractivity contribution in [3.05, 3.63) is 41.7 Å². The van der Waals surface area contributed by atoms with Crippen LogP contribution in [0.2, 0.25) is 0 Å². The van der Waals surface area contributed by atoms with Crippen molar-refractivity contribution in [1.29, 1.82) is 10.5 Å². The molecule has 1 aliphatic heterocycles. The third kappa shape index (κ3) is 3.60. The number of hydrogen-bond acceptors (Lipinski definition) is 6. The molecule has 132 valence electrons. The second-order valence-electron chi connectivity index (χ2n) is 6.22. The van der Waals surface area contributed by atoms with E-state index in [-0.39, 0.29) is 29.8 Å². The van der Waals surface area contributed by atoms with Gasteiger partial charge in [0.05, 0.1) is 0 Å². The second kappa shape index (κ2) is 7.58. The lowest BCUT2D eigenvalue weighted by molar-refractivity contribution is -0.121. The van der Waals surface area contributed by atoms with Gasteiger partial charge in [0.1, 0.15) is 18.7 Å². The van der Waals surface area contributed by atoms with E-state index in [0.717, 1.165) is 19.5 Å². The van der Waals surface area contributed by atoms with Crippen LogP contribution in [0.3, 0.4) is 0 Å². The number of aromatic nitrogens is 2. The Hall–Kier alpha value is -3.52. The van der Waals surface area contributed by atoms with Gasteiger partial charge in [0.2, 0.25) is 11.9 Å². The van der Waals surface area contributed by atoms with E-state index < -0.39 is 0 Å². The summed E-state index contributed by atoms with van der Waals surface area (Å²) in [6, 6.07) is 13.9. The van der Waals surface area contributed by atoms with E-state index in [0.29, 0.717) is 12.5 Å². The van der Waals surface area contributed by atoms with Gasteiger partial charge in [-0.05, 0) is 24.5 Å². The normalized spacial score (nSPS) is 16.1. The van der Waals surface area contributed by atoms with E-state index >= 15 is 0 Å². The Morgan fingerprint density at radius 1 is 1.31 bits per heavy atom.